The number of unbranched alkanes of at least 4 members (excludes halogenated alkanes) is 2. The molecular weight excluding hydrogens is 647 g/mol. The number of hydrogen-bond acceptors (Lipinski definition) is 2. The van der Waals surface area contributed by atoms with Crippen LogP contribution in [0.25, 0.3) is 22.3 Å². The molecule has 256 valence electrons. The Kier molecular flexibility index (Phi) is 11.0. The predicted molar refractivity (Wildman–Crippen MR) is 164 cm³/mol. The summed E-state index contributed by atoms with van der Waals surface area (Å²) in [6.45, 7) is -1.41. The van der Waals surface area contributed by atoms with Gasteiger partial charge in [-0.1, -0.05) is 69.0 Å². The van der Waals surface area contributed by atoms with E-state index in [4.69, 9.17) is 0 Å². The summed E-state index contributed by atoms with van der Waals surface area (Å²) in [5.74, 6) is -9.71. The lowest BCUT2D eigenvalue weighted by Crippen LogP contribution is -2.25. The first-order chi connectivity index (χ1) is 22.9. The second-order valence-corrected chi connectivity index (χ2v) is 12.1. The summed E-state index contributed by atoms with van der Waals surface area (Å²) in [6.07, 6.45) is 4.93. The summed E-state index contributed by atoms with van der Waals surface area (Å²) in [5.41, 5.74) is -0.115. The molecule has 0 radical (unpaired) electrons. The van der Waals surface area contributed by atoms with E-state index in [0.29, 0.717) is 23.6 Å². The molecule has 0 aromatic heterocycles. The Morgan fingerprint density at radius 2 is 1.27 bits per heavy atom. The van der Waals surface area contributed by atoms with E-state index in [1.165, 1.54) is 56.2 Å². The molecule has 0 heterocycles. The van der Waals surface area contributed by atoms with E-state index < -0.39 is 58.9 Å². The van der Waals surface area contributed by atoms with Crippen molar-refractivity contribution in [1.82, 2.24) is 0 Å². The molecule has 48 heavy (non-hydrogen) atoms. The predicted octanol–water partition coefficient (Wildman–Crippen LogP) is 12.3. The molecule has 0 saturated heterocycles. The molecule has 11 heteroatoms. The highest BCUT2D eigenvalue weighted by Gasteiger charge is 2.42. The van der Waals surface area contributed by atoms with Gasteiger partial charge in [0.25, 0.3) is 0 Å². The van der Waals surface area contributed by atoms with Gasteiger partial charge < -0.3 is 9.47 Å². The van der Waals surface area contributed by atoms with Gasteiger partial charge >= 0.3 is 12.7 Å². The van der Waals surface area contributed by atoms with Gasteiger partial charge in [0.2, 0.25) is 0 Å². The minimum Gasteiger partial charge on any atom is -0.429 e. The Labute approximate surface area is 272 Å². The van der Waals surface area contributed by atoms with Crippen LogP contribution in [-0.2, 0) is 6.11 Å². The monoisotopic (exact) mass is 680 g/mol. The maximum Gasteiger partial charge on any atom is 0.432 e. The van der Waals surface area contributed by atoms with Crippen molar-refractivity contribution in [3.63, 3.8) is 0 Å². The Hall–Kier alpha value is -4.15. The Balaban J connectivity index is 1.29. The van der Waals surface area contributed by atoms with Gasteiger partial charge in [0.15, 0.2) is 17.4 Å². The zero-order valence-corrected chi connectivity index (χ0v) is 26.0. The quantitative estimate of drug-likeness (QED) is 0.110. The van der Waals surface area contributed by atoms with Gasteiger partial charge in [-0.2, -0.15) is 17.6 Å². The molecule has 1 saturated carbocycles. The first kappa shape index (κ1) is 35.2. The largest absolute Gasteiger partial charge is 0.432 e. The van der Waals surface area contributed by atoms with Crippen molar-refractivity contribution in [1.29, 1.82) is 0 Å². The van der Waals surface area contributed by atoms with Gasteiger partial charge in [-0.3, -0.25) is 0 Å². The highest BCUT2D eigenvalue weighted by molar-refractivity contribution is 5.71. The van der Waals surface area contributed by atoms with Crippen LogP contribution in [0.2, 0.25) is 0 Å². The van der Waals surface area contributed by atoms with Gasteiger partial charge in [-0.05, 0) is 78.0 Å². The SMILES string of the molecule is CCCCCC1CCC(c2ccc(-c3ccc(-c4cc(F)c(C(F)(F)Oc5cc(F)c(OC(F)F)c(F)c5)c(F)c4)c(F)c3)cc2)CC1. The zero-order chi connectivity index (χ0) is 34.6. The first-order valence-electron chi connectivity index (χ1n) is 15.8. The molecule has 1 aliphatic carbocycles. The van der Waals surface area contributed by atoms with Gasteiger partial charge in [-0.15, -0.1) is 0 Å². The molecule has 0 amide bonds. The second-order valence-electron chi connectivity index (χ2n) is 12.1. The van der Waals surface area contributed by atoms with E-state index in [1.54, 1.807) is 6.07 Å². The van der Waals surface area contributed by atoms with E-state index in [2.05, 4.69) is 16.4 Å². The molecule has 0 atom stereocenters. The van der Waals surface area contributed by atoms with Crippen LogP contribution in [-0.4, -0.2) is 6.61 Å². The van der Waals surface area contributed by atoms with Crippen molar-refractivity contribution < 1.29 is 49.0 Å². The van der Waals surface area contributed by atoms with Crippen molar-refractivity contribution in [2.24, 2.45) is 5.92 Å². The lowest BCUT2D eigenvalue weighted by atomic mass is 9.77. The molecule has 0 aliphatic heterocycles. The Morgan fingerprint density at radius 1 is 0.688 bits per heavy atom. The fourth-order valence-corrected chi connectivity index (χ4v) is 6.35. The minimum absolute atomic E-state index is 0.0871. The molecule has 1 fully saturated rings. The number of ether oxygens (including phenoxy) is 2. The van der Waals surface area contributed by atoms with E-state index in [0.717, 1.165) is 24.3 Å². The summed E-state index contributed by atoms with van der Waals surface area (Å²) in [6, 6.07) is 13.0. The highest BCUT2D eigenvalue weighted by Crippen LogP contribution is 2.41. The molecular formula is C37H33F9O2. The third-order valence-corrected chi connectivity index (χ3v) is 8.82. The molecule has 0 unspecified atom stereocenters. The highest BCUT2D eigenvalue weighted by atomic mass is 19.3. The lowest BCUT2D eigenvalue weighted by Gasteiger charge is -2.29. The summed E-state index contributed by atoms with van der Waals surface area (Å²) >= 11 is 0. The van der Waals surface area contributed by atoms with Gasteiger partial charge in [0.1, 0.15) is 28.8 Å². The minimum atomic E-state index is -4.82. The van der Waals surface area contributed by atoms with Gasteiger partial charge in [-0.25, -0.2) is 22.0 Å². The maximum absolute atomic E-state index is 15.3. The lowest BCUT2D eigenvalue weighted by molar-refractivity contribution is -0.189. The average Bonchev–Trinajstić information content (AvgIpc) is 3.02. The standard InChI is InChI=1S/C37H33F9O2/c1-2-3-4-5-21-6-8-22(9-7-21)23-10-12-24(13-11-23)25-14-15-28(29(38)16-25)26-17-30(39)34(31(40)18-26)37(45,46)48-27-19-32(41)35(33(42)20-27)47-36(43)44/h10-22,36H,2-9H2,1H3. The first-order valence-corrected chi connectivity index (χ1v) is 15.8. The fraction of sp³-hybridized carbons (Fsp3) is 0.351. The van der Waals surface area contributed by atoms with Gasteiger partial charge in [0, 0.05) is 17.7 Å². The molecule has 5 rings (SSSR count). The smallest absolute Gasteiger partial charge is 0.429 e. The Morgan fingerprint density at radius 3 is 1.83 bits per heavy atom. The fourth-order valence-electron chi connectivity index (χ4n) is 6.35. The maximum atomic E-state index is 15.3. The normalized spacial score (nSPS) is 16.7. The summed E-state index contributed by atoms with van der Waals surface area (Å²) < 4.78 is 135. The van der Waals surface area contributed by atoms with E-state index in [1.807, 2.05) is 24.3 Å². The molecule has 4 aromatic rings. The van der Waals surface area contributed by atoms with Crippen molar-refractivity contribution >= 4 is 0 Å². The molecule has 4 aromatic carbocycles. The van der Waals surface area contributed by atoms with Crippen LogP contribution in [0.5, 0.6) is 11.5 Å². The zero-order valence-electron chi connectivity index (χ0n) is 26.0. The van der Waals surface area contributed by atoms with Crippen LogP contribution >= 0.6 is 0 Å². The summed E-state index contributed by atoms with van der Waals surface area (Å²) in [5, 5.41) is 0. The van der Waals surface area contributed by atoms with Crippen LogP contribution in [0.4, 0.5) is 39.5 Å². The molecule has 0 N–H and O–H groups in total. The van der Waals surface area contributed by atoms with Crippen LogP contribution in [0, 0.1) is 35.0 Å². The number of rotatable bonds is 12. The average molecular weight is 681 g/mol. The third kappa shape index (κ3) is 8.10. The third-order valence-electron chi connectivity index (χ3n) is 8.82. The topological polar surface area (TPSA) is 18.5 Å². The van der Waals surface area contributed by atoms with Crippen LogP contribution in [0.3, 0.4) is 0 Å². The second kappa shape index (κ2) is 15.0. The molecule has 1 aliphatic rings. The summed E-state index contributed by atoms with van der Waals surface area (Å²) in [7, 11) is 0. The van der Waals surface area contributed by atoms with Crippen molar-refractivity contribution in [2.75, 3.05) is 0 Å². The number of benzene rings is 4. The number of hydrogen-bond donors (Lipinski definition) is 0. The Bertz CT molecular complexity index is 1670. The van der Waals surface area contributed by atoms with Crippen molar-refractivity contribution in [3.05, 3.63) is 107 Å². The van der Waals surface area contributed by atoms with Crippen LogP contribution in [0.1, 0.15) is 75.3 Å². The number of alkyl halides is 4. The number of halogens is 9. The molecule has 2 nitrogen and oxygen atoms in total. The molecule has 0 bridgehead atoms. The van der Waals surface area contributed by atoms with Crippen molar-refractivity contribution in [3.8, 4) is 33.8 Å². The van der Waals surface area contributed by atoms with Gasteiger partial charge in [0.05, 0.1) is 0 Å². The van der Waals surface area contributed by atoms with Crippen LogP contribution in [0.15, 0.2) is 66.7 Å². The summed E-state index contributed by atoms with van der Waals surface area (Å²) in [4.78, 5) is 0. The van der Waals surface area contributed by atoms with E-state index in [-0.39, 0.29) is 23.3 Å². The van der Waals surface area contributed by atoms with Crippen molar-refractivity contribution in [2.45, 2.75) is 76.9 Å². The molecule has 0 spiro atoms. The van der Waals surface area contributed by atoms with Crippen LogP contribution < -0.4 is 9.47 Å². The van der Waals surface area contributed by atoms with E-state index >= 15 is 4.39 Å². The van der Waals surface area contributed by atoms with E-state index in [9.17, 15) is 35.1 Å².